The lowest BCUT2D eigenvalue weighted by Crippen LogP contribution is -2.31. The molecule has 3 amide bonds. The summed E-state index contributed by atoms with van der Waals surface area (Å²) in [6, 6.07) is 11.9. The van der Waals surface area contributed by atoms with Gasteiger partial charge in [0.1, 0.15) is 0 Å². The summed E-state index contributed by atoms with van der Waals surface area (Å²) in [5.41, 5.74) is 7.08. The second kappa shape index (κ2) is 10.4. The summed E-state index contributed by atoms with van der Waals surface area (Å²) in [5, 5.41) is 5.81. The zero-order valence-corrected chi connectivity index (χ0v) is 20.5. The summed E-state index contributed by atoms with van der Waals surface area (Å²) in [6.07, 6.45) is -2.51. The van der Waals surface area contributed by atoms with Crippen molar-refractivity contribution in [1.29, 1.82) is 0 Å². The third-order valence-corrected chi connectivity index (χ3v) is 6.08. The number of hydrogen-bond acceptors (Lipinski definition) is 4. The van der Waals surface area contributed by atoms with E-state index < -0.39 is 23.7 Å². The molecule has 0 aliphatic carbocycles. The molecule has 4 rings (SSSR count). The minimum absolute atomic E-state index is 0.142. The molecule has 0 spiro atoms. The van der Waals surface area contributed by atoms with Gasteiger partial charge in [-0.2, -0.15) is 13.2 Å². The first-order valence-electron chi connectivity index (χ1n) is 11.6. The summed E-state index contributed by atoms with van der Waals surface area (Å²) >= 11 is 0. The molecule has 4 aromatic rings. The molecule has 0 aliphatic heterocycles. The van der Waals surface area contributed by atoms with E-state index in [1.807, 2.05) is 6.92 Å². The molecule has 2 aromatic heterocycles. The predicted octanol–water partition coefficient (Wildman–Crippen LogP) is 4.39. The highest BCUT2D eigenvalue weighted by molar-refractivity contribution is 6.04. The van der Waals surface area contributed by atoms with E-state index in [2.05, 4.69) is 15.6 Å². The number of fused-ring (bicyclic) bond motifs is 1. The number of hydrogen-bond donors (Lipinski definition) is 3. The van der Waals surface area contributed by atoms with Crippen LogP contribution in [-0.4, -0.2) is 28.0 Å². The minimum atomic E-state index is -4.57. The zero-order valence-electron chi connectivity index (χ0n) is 20.5. The van der Waals surface area contributed by atoms with E-state index in [0.29, 0.717) is 46.4 Å². The largest absolute Gasteiger partial charge is 0.416 e. The Morgan fingerprint density at radius 1 is 1.05 bits per heavy atom. The molecular formula is C27H24F3N5O3. The van der Waals surface area contributed by atoms with Crippen molar-refractivity contribution >= 4 is 28.5 Å². The first-order chi connectivity index (χ1) is 17.9. The quantitative estimate of drug-likeness (QED) is 0.347. The number of amides is 3. The van der Waals surface area contributed by atoms with Gasteiger partial charge in [-0.25, -0.2) is 4.79 Å². The van der Waals surface area contributed by atoms with Crippen LogP contribution in [0.25, 0.3) is 22.0 Å². The van der Waals surface area contributed by atoms with Crippen LogP contribution in [0, 0.1) is 6.92 Å². The fourth-order valence-corrected chi connectivity index (χ4v) is 4.08. The van der Waals surface area contributed by atoms with Crippen molar-refractivity contribution in [3.8, 4) is 11.1 Å². The smallest absolute Gasteiger partial charge is 0.352 e. The number of nitrogens with two attached hydrogens (primary N) is 1. The van der Waals surface area contributed by atoms with Crippen molar-refractivity contribution in [3.63, 3.8) is 0 Å². The van der Waals surface area contributed by atoms with Gasteiger partial charge in [-0.15, -0.1) is 0 Å². The van der Waals surface area contributed by atoms with E-state index in [9.17, 15) is 27.6 Å². The predicted molar refractivity (Wildman–Crippen MR) is 138 cm³/mol. The summed E-state index contributed by atoms with van der Waals surface area (Å²) in [4.78, 5) is 41.3. The number of aromatic nitrogens is 2. The molecule has 2 heterocycles. The zero-order chi connectivity index (χ0) is 27.6. The van der Waals surface area contributed by atoms with Crippen molar-refractivity contribution in [2.75, 3.05) is 11.9 Å². The van der Waals surface area contributed by atoms with Crippen molar-refractivity contribution in [2.24, 2.45) is 12.8 Å². The highest BCUT2D eigenvalue weighted by Gasteiger charge is 2.31. The van der Waals surface area contributed by atoms with Crippen LogP contribution in [0.15, 0.2) is 65.6 Å². The van der Waals surface area contributed by atoms with Crippen LogP contribution >= 0.6 is 0 Å². The van der Waals surface area contributed by atoms with Crippen molar-refractivity contribution in [3.05, 3.63) is 93.5 Å². The molecule has 2 aromatic carbocycles. The van der Waals surface area contributed by atoms with Gasteiger partial charge in [-0.1, -0.05) is 12.1 Å². The Morgan fingerprint density at radius 2 is 1.82 bits per heavy atom. The third kappa shape index (κ3) is 5.66. The number of nitrogens with one attached hydrogen (secondary N) is 2. The number of benzene rings is 2. The molecule has 0 aliphatic rings. The van der Waals surface area contributed by atoms with Crippen LogP contribution in [0.5, 0.6) is 0 Å². The van der Waals surface area contributed by atoms with Gasteiger partial charge in [0.15, 0.2) is 0 Å². The molecule has 11 heteroatoms. The molecule has 0 saturated heterocycles. The number of halogens is 3. The first kappa shape index (κ1) is 26.4. The topological polar surface area (TPSA) is 119 Å². The Hall–Kier alpha value is -4.67. The molecule has 0 bridgehead atoms. The Bertz CT molecular complexity index is 1610. The number of aryl methyl sites for hydroxylation is 2. The molecular weight excluding hydrogens is 499 g/mol. The lowest BCUT2D eigenvalue weighted by molar-refractivity contribution is -0.137. The number of carbonyl (C=O) groups is 2. The van der Waals surface area contributed by atoms with Crippen LogP contribution in [0.4, 0.5) is 23.7 Å². The molecule has 0 saturated carbocycles. The highest BCUT2D eigenvalue weighted by atomic mass is 19.4. The normalized spacial score (nSPS) is 11.4. The van der Waals surface area contributed by atoms with Gasteiger partial charge in [0.05, 0.1) is 11.1 Å². The maximum Gasteiger partial charge on any atom is 0.416 e. The second-order valence-corrected chi connectivity index (χ2v) is 8.76. The number of anilines is 1. The van der Waals surface area contributed by atoms with Crippen LogP contribution in [0.2, 0.25) is 0 Å². The van der Waals surface area contributed by atoms with Gasteiger partial charge in [-0.05, 0) is 60.5 Å². The Balaban J connectivity index is 1.65. The number of carbonyl (C=O) groups excluding carboxylic acids is 2. The van der Waals surface area contributed by atoms with Crippen LogP contribution in [-0.2, 0) is 19.6 Å². The third-order valence-electron chi connectivity index (χ3n) is 6.08. The SMILES string of the molecule is Cc1ccc(NC(=O)c2cccc(C(F)(F)F)c2)cc1-c1cc2cnc(CCNC(N)=O)cc2n(C)c1=O. The average Bonchev–Trinajstić information content (AvgIpc) is 2.87. The summed E-state index contributed by atoms with van der Waals surface area (Å²) in [5.74, 6) is -0.708. The number of nitrogens with zero attached hydrogens (tertiary/aromatic N) is 2. The van der Waals surface area contributed by atoms with Crippen LogP contribution in [0.3, 0.4) is 0 Å². The van der Waals surface area contributed by atoms with Gasteiger partial charge in [0.25, 0.3) is 11.5 Å². The lowest BCUT2D eigenvalue weighted by atomic mass is 9.99. The number of alkyl halides is 3. The highest BCUT2D eigenvalue weighted by Crippen LogP contribution is 2.30. The van der Waals surface area contributed by atoms with E-state index in [0.717, 1.165) is 17.7 Å². The summed E-state index contributed by atoms with van der Waals surface area (Å²) < 4.78 is 40.6. The van der Waals surface area contributed by atoms with Crippen molar-refractivity contribution in [1.82, 2.24) is 14.9 Å². The summed E-state index contributed by atoms with van der Waals surface area (Å²) in [6.45, 7) is 2.11. The maximum absolute atomic E-state index is 13.3. The molecule has 196 valence electrons. The first-order valence-corrected chi connectivity index (χ1v) is 11.6. The van der Waals surface area contributed by atoms with Gasteiger partial charge in [0.2, 0.25) is 0 Å². The Labute approximate surface area is 215 Å². The molecule has 38 heavy (non-hydrogen) atoms. The van der Waals surface area contributed by atoms with Gasteiger partial charge in [-0.3, -0.25) is 14.6 Å². The van der Waals surface area contributed by atoms with Gasteiger partial charge in [0, 0.05) is 54.1 Å². The van der Waals surface area contributed by atoms with E-state index >= 15 is 0 Å². The standard InChI is InChI=1S/C27H24F3N5O3/c1-15-6-7-20(34-24(36)16-4-3-5-18(10-16)27(28,29)30)12-21(15)22-11-17-14-33-19(8-9-32-26(31)38)13-23(17)35(2)25(22)37/h3-7,10-14H,8-9H2,1-2H3,(H,34,36)(H3,31,32,38). The summed E-state index contributed by atoms with van der Waals surface area (Å²) in [7, 11) is 1.63. The molecule has 0 radical (unpaired) electrons. The van der Waals surface area contributed by atoms with Crippen molar-refractivity contribution in [2.45, 2.75) is 19.5 Å². The minimum Gasteiger partial charge on any atom is -0.352 e. The number of pyridine rings is 2. The maximum atomic E-state index is 13.3. The average molecular weight is 524 g/mol. The second-order valence-electron chi connectivity index (χ2n) is 8.76. The van der Waals surface area contributed by atoms with Crippen molar-refractivity contribution < 1.29 is 22.8 Å². The molecule has 0 fully saturated rings. The fourth-order valence-electron chi connectivity index (χ4n) is 4.08. The van der Waals surface area contributed by atoms with Crippen LogP contribution < -0.4 is 21.9 Å². The van der Waals surface area contributed by atoms with E-state index in [4.69, 9.17) is 5.73 Å². The Morgan fingerprint density at radius 3 is 2.53 bits per heavy atom. The number of primary amides is 1. The Kier molecular flexibility index (Phi) is 7.20. The number of rotatable bonds is 6. The molecule has 4 N–H and O–H groups in total. The fraction of sp³-hybridized carbons (Fsp3) is 0.185. The molecule has 0 unspecified atom stereocenters. The lowest BCUT2D eigenvalue weighted by Gasteiger charge is -2.14. The van der Waals surface area contributed by atoms with Crippen LogP contribution in [0.1, 0.15) is 27.2 Å². The van der Waals surface area contributed by atoms with E-state index in [1.165, 1.54) is 16.7 Å². The number of urea groups is 1. The molecule has 0 atom stereocenters. The van der Waals surface area contributed by atoms with E-state index in [1.54, 1.807) is 43.6 Å². The van der Waals surface area contributed by atoms with Gasteiger partial charge < -0.3 is 20.9 Å². The van der Waals surface area contributed by atoms with E-state index in [-0.39, 0.29) is 11.1 Å². The monoisotopic (exact) mass is 523 g/mol. The molecule has 8 nitrogen and oxygen atoms in total. The van der Waals surface area contributed by atoms with Gasteiger partial charge >= 0.3 is 12.2 Å².